The van der Waals surface area contributed by atoms with Crippen LogP contribution in [0.5, 0.6) is 0 Å². The Kier molecular flexibility index (Phi) is 41.4. The Labute approximate surface area is 352 Å². The van der Waals surface area contributed by atoms with Gasteiger partial charge < -0.3 is 22.9 Å². The van der Waals surface area contributed by atoms with Crippen molar-refractivity contribution in [3.05, 3.63) is 83.3 Å². The van der Waals surface area contributed by atoms with Gasteiger partial charge in [0.1, 0.15) is 0 Å². The molecule has 2 aromatic rings. The molecule has 0 amide bonds. The van der Waals surface area contributed by atoms with E-state index in [0.29, 0.717) is 11.8 Å². The molecule has 0 spiro atoms. The first-order valence-corrected chi connectivity index (χ1v) is 47.3. The molecule has 0 aliphatic heterocycles. The Balaban J connectivity index is -0.000000254. The van der Waals surface area contributed by atoms with Gasteiger partial charge in [-0.1, -0.05) is 88.4 Å². The summed E-state index contributed by atoms with van der Waals surface area (Å²) in [7, 11) is 25.1. The van der Waals surface area contributed by atoms with Gasteiger partial charge in [0.2, 0.25) is 0 Å². The van der Waals surface area contributed by atoms with Crippen LogP contribution in [0.1, 0.15) is 76.3 Å². The zero-order valence-corrected chi connectivity index (χ0v) is 39.8. The van der Waals surface area contributed by atoms with Crippen LogP contribution in [0, 0.1) is 0 Å². The van der Waals surface area contributed by atoms with Gasteiger partial charge >= 0.3 is 158 Å². The van der Waals surface area contributed by atoms with Gasteiger partial charge in [0.15, 0.2) is 0 Å². The maximum atomic E-state index is 8.74. The van der Waals surface area contributed by atoms with E-state index in [4.69, 9.17) is 97.0 Å². The van der Waals surface area contributed by atoms with Crippen LogP contribution in [-0.2, 0) is 38.8 Å². The molecule has 8 N–H and O–H groups in total. The monoisotopic (exact) mass is 1190 g/mol. The maximum absolute atomic E-state index is 8.74. The van der Waals surface area contributed by atoms with Crippen LogP contribution in [0.25, 0.3) is 11.5 Å². The molecule has 6 atom stereocenters. The number of halogens is 6. The van der Waals surface area contributed by atoms with Crippen molar-refractivity contribution in [1.29, 1.82) is 0 Å². The minimum absolute atomic E-state index is 0. The van der Waals surface area contributed by atoms with Crippen LogP contribution in [0.2, 0.25) is 0 Å². The van der Waals surface area contributed by atoms with Crippen LogP contribution in [0.15, 0.2) is 60.7 Å². The molecule has 2 aliphatic rings. The molecule has 0 saturated heterocycles. The van der Waals surface area contributed by atoms with Gasteiger partial charge in [-0.25, -0.2) is 0 Å². The third-order valence-electron chi connectivity index (χ3n) is 6.35. The minimum atomic E-state index is -4.67. The van der Waals surface area contributed by atoms with Crippen molar-refractivity contribution in [3.8, 4) is 0 Å². The SMILES string of the molecule is C.C.NC1CCC(c2ccccc2)CC1N.O=S(=O)(O)O.[Cl][Pt+2][Cl].[Cl][Pt]([Cl])([Cl])[Cl].[K][K].[NH-]C1CCC(c2ccccc2)CC1[NH-]. The largest absolute Gasteiger partial charge is 0.676 e. The van der Waals surface area contributed by atoms with Crippen molar-refractivity contribution >= 4 is 130 Å². The van der Waals surface area contributed by atoms with E-state index in [1.165, 1.54) is 80.7 Å². The van der Waals surface area contributed by atoms with E-state index in [1.54, 1.807) is 0 Å². The molecule has 2 aliphatic carbocycles. The van der Waals surface area contributed by atoms with E-state index in [0.717, 1.165) is 32.1 Å². The fourth-order valence-electron chi connectivity index (χ4n) is 4.46. The summed E-state index contributed by atoms with van der Waals surface area (Å²) in [4.78, 5) is 0. The first-order chi connectivity index (χ1) is 20.0. The number of hydrogen-bond acceptors (Lipinski definition) is 4. The number of nitrogens with two attached hydrogens (primary N) is 2. The molecular formula is C26H44Cl6K2N4O4Pt2S. The Morgan fingerprint density at radius 2 is 1.02 bits per heavy atom. The van der Waals surface area contributed by atoms with Crippen molar-refractivity contribution in [2.75, 3.05) is 0 Å². The molecule has 2 fully saturated rings. The van der Waals surface area contributed by atoms with E-state index < -0.39 is 38.8 Å². The predicted octanol–water partition coefficient (Wildman–Crippen LogP) is 9.39. The van der Waals surface area contributed by atoms with Gasteiger partial charge in [0, 0.05) is 12.1 Å². The average Bonchev–Trinajstić information content (AvgIpc) is 2.93. The van der Waals surface area contributed by atoms with Gasteiger partial charge in [-0.15, -0.1) is 0 Å². The fourth-order valence-corrected chi connectivity index (χ4v) is 4.46. The Bertz CT molecular complexity index is 987. The number of hydrogen-bond donors (Lipinski definition) is 4. The van der Waals surface area contributed by atoms with Crippen molar-refractivity contribution in [2.24, 2.45) is 11.5 Å². The zero-order chi connectivity index (χ0) is 33.6. The van der Waals surface area contributed by atoms with E-state index in [2.05, 4.69) is 54.6 Å². The van der Waals surface area contributed by atoms with Gasteiger partial charge in [-0.3, -0.25) is 9.11 Å². The molecule has 19 heteroatoms. The second kappa shape index (κ2) is 33.1. The maximum Gasteiger partial charge on any atom is -0.0177 e. The first kappa shape index (κ1) is 56.3. The molecule has 262 valence electrons. The normalized spacial score (nSPS) is 24.1. The summed E-state index contributed by atoms with van der Waals surface area (Å²) in [5, 5.41) is 0. The second-order valence-electron chi connectivity index (χ2n) is 9.15. The minimum Gasteiger partial charge on any atom is -0.676 e. The summed E-state index contributed by atoms with van der Waals surface area (Å²) in [6.45, 7) is 0. The quantitative estimate of drug-likeness (QED) is 0.172. The van der Waals surface area contributed by atoms with Crippen LogP contribution >= 0.6 is 56.5 Å². The summed E-state index contributed by atoms with van der Waals surface area (Å²) in [6, 6.07) is 21.1. The van der Waals surface area contributed by atoms with Gasteiger partial charge in [0.25, 0.3) is 0 Å². The van der Waals surface area contributed by atoms with Gasteiger partial charge in [-0.2, -0.15) is 20.5 Å². The van der Waals surface area contributed by atoms with Gasteiger partial charge in [-0.05, 0) is 48.6 Å². The van der Waals surface area contributed by atoms with Gasteiger partial charge in [0.05, 0.1) is 0 Å². The topological polar surface area (TPSA) is 174 Å². The molecule has 45 heavy (non-hydrogen) atoms. The van der Waals surface area contributed by atoms with E-state index in [9.17, 15) is 0 Å². The molecule has 6 unspecified atom stereocenters. The Hall–Kier alpha value is 4.54. The van der Waals surface area contributed by atoms with Crippen LogP contribution in [0.3, 0.4) is 0 Å². The molecule has 0 bridgehead atoms. The third kappa shape index (κ3) is 35.3. The van der Waals surface area contributed by atoms with E-state index in [1.807, 2.05) is 6.07 Å². The Morgan fingerprint density at radius 3 is 1.33 bits per heavy atom. The summed E-state index contributed by atoms with van der Waals surface area (Å²) in [6.07, 6.45) is 6.09. The molecule has 2 saturated carbocycles. The van der Waals surface area contributed by atoms with E-state index >= 15 is 0 Å². The van der Waals surface area contributed by atoms with E-state index in [-0.39, 0.29) is 39.0 Å². The molecule has 2 aromatic carbocycles. The molecular weight excluding hydrogens is 1150 g/mol. The van der Waals surface area contributed by atoms with Crippen molar-refractivity contribution in [3.63, 3.8) is 0 Å². The summed E-state index contributed by atoms with van der Waals surface area (Å²) in [5.41, 5.74) is 30.0. The fraction of sp³-hybridized carbons (Fsp3) is 0.538. The summed E-state index contributed by atoms with van der Waals surface area (Å²) >= 11 is -1.03. The Morgan fingerprint density at radius 1 is 0.711 bits per heavy atom. The molecule has 0 aromatic heterocycles. The van der Waals surface area contributed by atoms with Crippen LogP contribution in [0.4, 0.5) is 0 Å². The molecule has 0 radical (unpaired) electrons. The summed E-state index contributed by atoms with van der Waals surface area (Å²) < 4.78 is 31.6. The van der Waals surface area contributed by atoms with Crippen LogP contribution in [-0.4, -0.2) is 105 Å². The second-order valence-corrected chi connectivity index (χ2v) is 33.0. The first-order valence-electron chi connectivity index (χ1n) is 13.0. The molecule has 4 rings (SSSR count). The predicted molar refractivity (Wildman–Crippen MR) is 193 cm³/mol. The van der Waals surface area contributed by atoms with Crippen molar-refractivity contribution < 1.29 is 45.9 Å². The number of nitrogens with one attached hydrogen (secondary N) is 2. The smallest absolute Gasteiger partial charge is 0.0177 e. The standard InChI is InChI=1S/C12H18N2.C12H16N2.2CH4.6ClH.2K.H2O4S.2Pt/c2*13-11-7-6-10(8-12(11)14)9-4-2-1-3-5-9;;;;;;;;;;;1-5(2,3)4;;/h1-5,10-12H,6-8,13-14H2;1-5,10-14H,6-8H2;2*1H4;6*1H;;;(H2,1,2,3,4);;/q;-2;;;;;;;;;;;;2*+4/p-6. The average molecular weight is 1190 g/mol. The number of benzene rings is 2. The molecule has 8 nitrogen and oxygen atoms in total. The summed E-state index contributed by atoms with van der Waals surface area (Å²) in [5.74, 6) is 1.13. The number of rotatable bonds is 2. The van der Waals surface area contributed by atoms with Crippen LogP contribution < -0.4 is 11.5 Å². The molecule has 0 heterocycles. The third-order valence-corrected chi connectivity index (χ3v) is 6.35. The zero-order valence-electron chi connectivity index (χ0n) is 23.7. The van der Waals surface area contributed by atoms with Crippen molar-refractivity contribution in [1.82, 2.24) is 0 Å². The van der Waals surface area contributed by atoms with Crippen molar-refractivity contribution in [2.45, 2.75) is 89.4 Å².